The number of amides is 1. The number of halogens is 1. The Labute approximate surface area is 222 Å². The second-order valence-electron chi connectivity index (χ2n) is 8.90. The molecule has 0 bridgehead atoms. The van der Waals surface area contributed by atoms with Crippen LogP contribution in [0.25, 0.3) is 0 Å². The molecule has 194 valence electrons. The van der Waals surface area contributed by atoms with Gasteiger partial charge in [-0.3, -0.25) is 19.8 Å². The van der Waals surface area contributed by atoms with Gasteiger partial charge >= 0.3 is 11.9 Å². The second-order valence-corrected chi connectivity index (χ2v) is 8.90. The van der Waals surface area contributed by atoms with E-state index in [0.717, 1.165) is 23.1 Å². The van der Waals surface area contributed by atoms with Crippen molar-refractivity contribution in [2.45, 2.75) is 37.8 Å². The predicted molar refractivity (Wildman–Crippen MR) is 144 cm³/mol. The van der Waals surface area contributed by atoms with E-state index in [1.807, 2.05) is 72.8 Å². The molecule has 37 heavy (non-hydrogen) atoms. The molecule has 0 fully saturated rings. The van der Waals surface area contributed by atoms with Crippen molar-refractivity contribution in [3.63, 3.8) is 0 Å². The SMILES string of the molecule is Cl.O=C(O)CN1C(=O)C(NCCCc2ccccc2)(C(=O)OCc2ccccc2)CCc2ccccc21. The minimum Gasteiger partial charge on any atom is -0.480 e. The standard InChI is InChI=1S/C29H30N2O5.ClH/c32-26(33)20-31-25-16-8-7-15-24(25)17-18-29(27(31)34,28(35)36-21-23-12-5-2-6-13-23)30-19-9-14-22-10-3-1-4-11-22;/h1-8,10-13,15-16,30H,9,14,17-21H2,(H,32,33);1H. The second kappa shape index (κ2) is 13.0. The molecule has 0 saturated heterocycles. The summed E-state index contributed by atoms with van der Waals surface area (Å²) in [6.45, 7) is -0.139. The first-order valence-electron chi connectivity index (χ1n) is 12.1. The van der Waals surface area contributed by atoms with E-state index in [4.69, 9.17) is 4.74 Å². The largest absolute Gasteiger partial charge is 0.480 e. The van der Waals surface area contributed by atoms with Crippen molar-refractivity contribution in [2.75, 3.05) is 18.0 Å². The van der Waals surface area contributed by atoms with Crippen molar-refractivity contribution in [1.82, 2.24) is 5.32 Å². The van der Waals surface area contributed by atoms with Gasteiger partial charge in [-0.1, -0.05) is 78.9 Å². The van der Waals surface area contributed by atoms with Gasteiger partial charge in [0.25, 0.3) is 5.91 Å². The summed E-state index contributed by atoms with van der Waals surface area (Å²) in [4.78, 5) is 40.5. The number of para-hydroxylation sites is 1. The van der Waals surface area contributed by atoms with E-state index >= 15 is 0 Å². The number of esters is 1. The van der Waals surface area contributed by atoms with Crippen LogP contribution in [0.3, 0.4) is 0 Å². The third-order valence-corrected chi connectivity index (χ3v) is 6.43. The highest BCUT2D eigenvalue weighted by Gasteiger charge is 2.51. The molecule has 0 saturated carbocycles. The number of benzene rings is 3. The summed E-state index contributed by atoms with van der Waals surface area (Å²) >= 11 is 0. The molecule has 0 spiro atoms. The molecular weight excluding hydrogens is 492 g/mol. The molecule has 1 unspecified atom stereocenters. The van der Waals surface area contributed by atoms with Crippen LogP contribution >= 0.6 is 12.4 Å². The highest BCUT2D eigenvalue weighted by atomic mass is 35.5. The third-order valence-electron chi connectivity index (χ3n) is 6.43. The zero-order valence-corrected chi connectivity index (χ0v) is 21.3. The van der Waals surface area contributed by atoms with E-state index in [1.54, 1.807) is 12.1 Å². The van der Waals surface area contributed by atoms with Crippen molar-refractivity contribution in [2.24, 2.45) is 0 Å². The molecule has 0 radical (unpaired) electrons. The van der Waals surface area contributed by atoms with Crippen LogP contribution in [0.5, 0.6) is 0 Å². The fourth-order valence-electron chi connectivity index (χ4n) is 4.56. The van der Waals surface area contributed by atoms with Gasteiger partial charge in [0.1, 0.15) is 13.2 Å². The van der Waals surface area contributed by atoms with E-state index < -0.39 is 29.9 Å². The average molecular weight is 523 g/mol. The van der Waals surface area contributed by atoms with E-state index in [2.05, 4.69) is 5.32 Å². The Morgan fingerprint density at radius 1 is 0.919 bits per heavy atom. The van der Waals surface area contributed by atoms with Gasteiger partial charge in [0, 0.05) is 5.69 Å². The Hall–Kier alpha value is -3.68. The molecule has 3 aromatic rings. The fourth-order valence-corrected chi connectivity index (χ4v) is 4.56. The van der Waals surface area contributed by atoms with Gasteiger partial charge in [-0.15, -0.1) is 12.4 Å². The lowest BCUT2D eigenvalue weighted by Gasteiger charge is -2.33. The van der Waals surface area contributed by atoms with Gasteiger partial charge < -0.3 is 9.84 Å². The van der Waals surface area contributed by atoms with Crippen LogP contribution in [0.4, 0.5) is 5.69 Å². The number of ether oxygens (including phenoxy) is 1. The summed E-state index contributed by atoms with van der Waals surface area (Å²) in [5.74, 6) is -2.46. The summed E-state index contributed by atoms with van der Waals surface area (Å²) in [6, 6.07) is 26.4. The summed E-state index contributed by atoms with van der Waals surface area (Å²) in [6.07, 6.45) is 2.05. The zero-order chi connectivity index (χ0) is 25.4. The first kappa shape index (κ1) is 27.9. The van der Waals surface area contributed by atoms with Crippen molar-refractivity contribution < 1.29 is 24.2 Å². The number of hydrogen-bond donors (Lipinski definition) is 2. The molecule has 1 amide bonds. The zero-order valence-electron chi connectivity index (χ0n) is 20.5. The summed E-state index contributed by atoms with van der Waals surface area (Å²) in [5, 5.41) is 12.8. The molecule has 0 aliphatic carbocycles. The fraction of sp³-hybridized carbons (Fsp3) is 0.276. The maximum atomic E-state index is 14.0. The summed E-state index contributed by atoms with van der Waals surface area (Å²) in [5.41, 5.74) is 1.59. The number of anilines is 1. The van der Waals surface area contributed by atoms with Crippen molar-refractivity contribution in [3.05, 3.63) is 102 Å². The van der Waals surface area contributed by atoms with Crippen molar-refractivity contribution in [3.8, 4) is 0 Å². The maximum Gasteiger partial charge on any atom is 0.336 e. The number of nitrogens with zero attached hydrogens (tertiary/aromatic N) is 1. The third kappa shape index (κ3) is 6.76. The lowest BCUT2D eigenvalue weighted by molar-refractivity contribution is -0.157. The highest BCUT2D eigenvalue weighted by molar-refractivity contribution is 6.16. The normalized spacial score (nSPS) is 16.8. The first-order valence-corrected chi connectivity index (χ1v) is 12.1. The van der Waals surface area contributed by atoms with E-state index in [1.165, 1.54) is 4.90 Å². The monoisotopic (exact) mass is 522 g/mol. The molecule has 1 atom stereocenters. The lowest BCUT2D eigenvalue weighted by Crippen LogP contribution is -2.64. The number of carboxylic acid groups (broad SMARTS) is 1. The van der Waals surface area contributed by atoms with Gasteiger partial charge in [-0.05, 0) is 55.0 Å². The van der Waals surface area contributed by atoms with Crippen molar-refractivity contribution >= 4 is 35.9 Å². The van der Waals surface area contributed by atoms with Gasteiger partial charge in [-0.25, -0.2) is 4.79 Å². The van der Waals surface area contributed by atoms with Crippen molar-refractivity contribution in [1.29, 1.82) is 0 Å². The lowest BCUT2D eigenvalue weighted by atomic mass is 9.90. The van der Waals surface area contributed by atoms with Gasteiger partial charge in [-0.2, -0.15) is 0 Å². The molecule has 2 N–H and O–H groups in total. The number of rotatable bonds is 10. The summed E-state index contributed by atoms with van der Waals surface area (Å²) in [7, 11) is 0. The number of aliphatic carboxylic acids is 1. The minimum absolute atomic E-state index is 0. The average Bonchev–Trinajstić information content (AvgIpc) is 3.02. The molecule has 0 aromatic heterocycles. The molecule has 1 heterocycles. The highest BCUT2D eigenvalue weighted by Crippen LogP contribution is 2.32. The molecule has 8 heteroatoms. The number of aryl methyl sites for hydroxylation is 2. The van der Waals surface area contributed by atoms with E-state index in [9.17, 15) is 19.5 Å². The Balaban J connectivity index is 0.00000380. The number of carbonyl (C=O) groups is 3. The van der Waals surface area contributed by atoms with Crippen LogP contribution in [0.15, 0.2) is 84.9 Å². The maximum absolute atomic E-state index is 14.0. The van der Waals surface area contributed by atoms with Crippen LogP contribution in [0, 0.1) is 0 Å². The Morgan fingerprint density at radius 3 is 2.22 bits per heavy atom. The van der Waals surface area contributed by atoms with Crippen LogP contribution < -0.4 is 10.2 Å². The molecule has 3 aromatic carbocycles. The Bertz CT molecular complexity index is 1210. The smallest absolute Gasteiger partial charge is 0.336 e. The van der Waals surface area contributed by atoms with Gasteiger partial charge in [0.05, 0.1) is 0 Å². The molecule has 7 nitrogen and oxygen atoms in total. The number of fused-ring (bicyclic) bond motifs is 1. The number of carbonyl (C=O) groups excluding carboxylic acids is 2. The Kier molecular flexibility index (Phi) is 9.83. The number of nitrogens with one attached hydrogen (secondary N) is 1. The van der Waals surface area contributed by atoms with Gasteiger partial charge in [0.15, 0.2) is 5.54 Å². The van der Waals surface area contributed by atoms with Crippen LogP contribution in [-0.4, -0.2) is 41.6 Å². The molecule has 1 aliphatic heterocycles. The van der Waals surface area contributed by atoms with Gasteiger partial charge in [0.2, 0.25) is 0 Å². The number of hydrogen-bond acceptors (Lipinski definition) is 5. The van der Waals surface area contributed by atoms with Crippen LogP contribution in [0.1, 0.15) is 29.5 Å². The van der Waals surface area contributed by atoms with E-state index in [-0.39, 0.29) is 25.4 Å². The van der Waals surface area contributed by atoms with Crippen LogP contribution in [0.2, 0.25) is 0 Å². The molecule has 1 aliphatic rings. The molecular formula is C29H31ClN2O5. The predicted octanol–water partition coefficient (Wildman–Crippen LogP) is 4.18. The Morgan fingerprint density at radius 2 is 1.54 bits per heavy atom. The van der Waals surface area contributed by atoms with E-state index in [0.29, 0.717) is 25.1 Å². The topological polar surface area (TPSA) is 95.9 Å². The summed E-state index contributed by atoms with van der Waals surface area (Å²) < 4.78 is 5.67. The minimum atomic E-state index is -1.69. The van der Waals surface area contributed by atoms with Crippen LogP contribution in [-0.2, 0) is 38.6 Å². The quantitative estimate of drug-likeness (QED) is 0.236. The molecule has 4 rings (SSSR count). The first-order chi connectivity index (χ1) is 17.5. The number of carboxylic acids is 1.